The van der Waals surface area contributed by atoms with Crippen LogP contribution in [0.4, 0.5) is 5.69 Å². The molecule has 0 aliphatic rings. The summed E-state index contributed by atoms with van der Waals surface area (Å²) in [6.45, 7) is 2.49. The molecule has 0 spiro atoms. The predicted molar refractivity (Wildman–Crippen MR) is 61.9 cm³/mol. The van der Waals surface area contributed by atoms with Crippen LogP contribution in [0.1, 0.15) is 17.4 Å². The first-order valence-electron chi connectivity index (χ1n) is 5.19. The number of aromatic nitrogens is 3. The van der Waals surface area contributed by atoms with E-state index in [4.69, 9.17) is 4.74 Å². The fourth-order valence-electron chi connectivity index (χ4n) is 1.34. The van der Waals surface area contributed by atoms with E-state index in [1.807, 2.05) is 19.1 Å². The van der Waals surface area contributed by atoms with Crippen LogP contribution < -0.4 is 10.1 Å². The SMILES string of the molecule is CCOc1cccc(NC(=O)c2cn[nH]n2)c1. The lowest BCUT2D eigenvalue weighted by molar-refractivity contribution is 0.102. The first kappa shape index (κ1) is 11.1. The minimum Gasteiger partial charge on any atom is -0.494 e. The van der Waals surface area contributed by atoms with E-state index in [0.29, 0.717) is 18.0 Å². The molecule has 0 saturated heterocycles. The van der Waals surface area contributed by atoms with E-state index in [1.165, 1.54) is 6.20 Å². The van der Waals surface area contributed by atoms with Gasteiger partial charge in [0.15, 0.2) is 5.69 Å². The molecule has 6 heteroatoms. The van der Waals surface area contributed by atoms with Crippen molar-refractivity contribution in [3.63, 3.8) is 0 Å². The maximum Gasteiger partial charge on any atom is 0.277 e. The van der Waals surface area contributed by atoms with Crippen molar-refractivity contribution in [3.8, 4) is 5.75 Å². The molecular formula is C11H12N4O2. The molecule has 0 atom stereocenters. The Morgan fingerprint density at radius 3 is 3.12 bits per heavy atom. The summed E-state index contributed by atoms with van der Waals surface area (Å²) in [5.41, 5.74) is 0.899. The second-order valence-electron chi connectivity index (χ2n) is 3.27. The lowest BCUT2D eigenvalue weighted by Crippen LogP contribution is -2.12. The molecule has 0 aliphatic heterocycles. The number of nitrogens with zero attached hydrogens (tertiary/aromatic N) is 2. The number of aromatic amines is 1. The Labute approximate surface area is 98.0 Å². The van der Waals surface area contributed by atoms with Crippen molar-refractivity contribution in [1.82, 2.24) is 15.4 Å². The molecule has 1 aromatic heterocycles. The quantitative estimate of drug-likeness (QED) is 0.836. The van der Waals surface area contributed by atoms with E-state index in [9.17, 15) is 4.79 Å². The summed E-state index contributed by atoms with van der Waals surface area (Å²) in [6, 6.07) is 7.17. The molecule has 2 rings (SSSR count). The highest BCUT2D eigenvalue weighted by Crippen LogP contribution is 2.17. The topological polar surface area (TPSA) is 79.9 Å². The number of hydrogen-bond donors (Lipinski definition) is 2. The third-order valence-electron chi connectivity index (χ3n) is 2.05. The van der Waals surface area contributed by atoms with Crippen LogP contribution in [0.2, 0.25) is 0 Å². The van der Waals surface area contributed by atoms with Crippen molar-refractivity contribution in [3.05, 3.63) is 36.2 Å². The molecule has 0 bridgehead atoms. The molecule has 0 fully saturated rings. The van der Waals surface area contributed by atoms with Crippen molar-refractivity contribution >= 4 is 11.6 Å². The first-order valence-corrected chi connectivity index (χ1v) is 5.19. The Balaban J connectivity index is 2.08. The molecule has 0 radical (unpaired) electrons. The van der Waals surface area contributed by atoms with Crippen molar-refractivity contribution in [2.24, 2.45) is 0 Å². The molecule has 1 amide bonds. The van der Waals surface area contributed by atoms with Gasteiger partial charge in [-0.1, -0.05) is 6.07 Å². The number of nitrogens with one attached hydrogen (secondary N) is 2. The van der Waals surface area contributed by atoms with Crippen molar-refractivity contribution in [1.29, 1.82) is 0 Å². The number of anilines is 1. The lowest BCUT2D eigenvalue weighted by Gasteiger charge is -2.06. The molecule has 6 nitrogen and oxygen atoms in total. The van der Waals surface area contributed by atoms with Crippen LogP contribution in [0, 0.1) is 0 Å². The van der Waals surface area contributed by atoms with Crippen LogP contribution in [0.3, 0.4) is 0 Å². The minimum atomic E-state index is -0.313. The summed E-state index contributed by atoms with van der Waals surface area (Å²) >= 11 is 0. The average Bonchev–Trinajstić information content (AvgIpc) is 2.83. The Morgan fingerprint density at radius 1 is 1.53 bits per heavy atom. The fraction of sp³-hybridized carbons (Fsp3) is 0.182. The Bertz CT molecular complexity index is 496. The normalized spacial score (nSPS) is 9.94. The maximum atomic E-state index is 11.7. The number of rotatable bonds is 4. The minimum absolute atomic E-state index is 0.242. The Hall–Kier alpha value is -2.37. The summed E-state index contributed by atoms with van der Waals surface area (Å²) in [7, 11) is 0. The molecule has 0 saturated carbocycles. The van der Waals surface area contributed by atoms with Crippen LogP contribution in [0.15, 0.2) is 30.5 Å². The zero-order valence-corrected chi connectivity index (χ0v) is 9.30. The summed E-state index contributed by atoms with van der Waals surface area (Å²) in [5.74, 6) is 0.401. The highest BCUT2D eigenvalue weighted by atomic mass is 16.5. The number of H-pyrrole nitrogens is 1. The Morgan fingerprint density at radius 2 is 2.41 bits per heavy atom. The van der Waals surface area contributed by atoms with Gasteiger partial charge in [-0.05, 0) is 19.1 Å². The third-order valence-corrected chi connectivity index (χ3v) is 2.05. The first-order chi connectivity index (χ1) is 8.29. The molecule has 1 heterocycles. The summed E-state index contributed by atoms with van der Waals surface area (Å²) in [4.78, 5) is 11.7. The smallest absolute Gasteiger partial charge is 0.277 e. The molecule has 1 aromatic carbocycles. The highest BCUT2D eigenvalue weighted by molar-refractivity contribution is 6.02. The number of ether oxygens (including phenoxy) is 1. The van der Waals surface area contributed by atoms with Gasteiger partial charge in [-0.15, -0.1) is 0 Å². The molecular weight excluding hydrogens is 220 g/mol. The largest absolute Gasteiger partial charge is 0.494 e. The molecule has 0 aliphatic carbocycles. The van der Waals surface area contributed by atoms with Crippen LogP contribution in [0.5, 0.6) is 5.75 Å². The van der Waals surface area contributed by atoms with E-state index in [-0.39, 0.29) is 11.6 Å². The zero-order valence-electron chi connectivity index (χ0n) is 9.30. The number of carbonyl (C=O) groups excluding carboxylic acids is 1. The van der Waals surface area contributed by atoms with Gasteiger partial charge in [0.1, 0.15) is 5.75 Å². The van der Waals surface area contributed by atoms with Gasteiger partial charge in [0.25, 0.3) is 5.91 Å². The number of carbonyl (C=O) groups is 1. The van der Waals surface area contributed by atoms with Crippen molar-refractivity contribution in [2.75, 3.05) is 11.9 Å². The number of benzene rings is 1. The molecule has 2 N–H and O–H groups in total. The summed E-state index contributed by atoms with van der Waals surface area (Å²) in [6.07, 6.45) is 1.36. The lowest BCUT2D eigenvalue weighted by atomic mass is 10.3. The van der Waals surface area contributed by atoms with E-state index in [0.717, 1.165) is 0 Å². The zero-order chi connectivity index (χ0) is 12.1. The van der Waals surface area contributed by atoms with Crippen LogP contribution in [-0.2, 0) is 0 Å². The van der Waals surface area contributed by atoms with Gasteiger partial charge in [-0.25, -0.2) is 0 Å². The maximum absolute atomic E-state index is 11.7. The molecule has 2 aromatic rings. The van der Waals surface area contributed by atoms with Gasteiger partial charge in [-0.3, -0.25) is 4.79 Å². The average molecular weight is 232 g/mol. The standard InChI is InChI=1S/C11H12N4O2/c1-2-17-9-5-3-4-8(6-9)13-11(16)10-7-12-15-14-10/h3-7H,2H2,1H3,(H,13,16)(H,12,14,15). The van der Waals surface area contributed by atoms with E-state index >= 15 is 0 Å². The van der Waals surface area contributed by atoms with Crippen LogP contribution in [-0.4, -0.2) is 27.9 Å². The van der Waals surface area contributed by atoms with E-state index in [1.54, 1.807) is 12.1 Å². The van der Waals surface area contributed by atoms with Crippen molar-refractivity contribution in [2.45, 2.75) is 6.92 Å². The van der Waals surface area contributed by atoms with Gasteiger partial charge in [0.05, 0.1) is 12.8 Å². The third kappa shape index (κ3) is 2.81. The second kappa shape index (κ2) is 5.11. The van der Waals surface area contributed by atoms with E-state index in [2.05, 4.69) is 20.7 Å². The number of amides is 1. The Kier molecular flexibility index (Phi) is 3.34. The van der Waals surface area contributed by atoms with Crippen LogP contribution in [0.25, 0.3) is 0 Å². The van der Waals surface area contributed by atoms with Gasteiger partial charge in [0, 0.05) is 11.8 Å². The monoisotopic (exact) mass is 232 g/mol. The van der Waals surface area contributed by atoms with Gasteiger partial charge >= 0.3 is 0 Å². The molecule has 17 heavy (non-hydrogen) atoms. The molecule has 88 valence electrons. The van der Waals surface area contributed by atoms with Crippen LogP contribution >= 0.6 is 0 Å². The highest BCUT2D eigenvalue weighted by Gasteiger charge is 2.08. The number of hydrogen-bond acceptors (Lipinski definition) is 4. The van der Waals surface area contributed by atoms with Gasteiger partial charge in [0.2, 0.25) is 0 Å². The molecule has 0 unspecified atom stereocenters. The van der Waals surface area contributed by atoms with Crippen molar-refractivity contribution < 1.29 is 9.53 Å². The van der Waals surface area contributed by atoms with Gasteiger partial charge < -0.3 is 10.1 Å². The summed E-state index contributed by atoms with van der Waals surface area (Å²) in [5, 5.41) is 12.3. The predicted octanol–water partition coefficient (Wildman–Crippen LogP) is 1.46. The summed E-state index contributed by atoms with van der Waals surface area (Å²) < 4.78 is 5.33. The second-order valence-corrected chi connectivity index (χ2v) is 3.27. The fourth-order valence-corrected chi connectivity index (χ4v) is 1.34. The van der Waals surface area contributed by atoms with Gasteiger partial charge in [-0.2, -0.15) is 15.4 Å². The van der Waals surface area contributed by atoms with E-state index < -0.39 is 0 Å².